The van der Waals surface area contributed by atoms with Gasteiger partial charge in [0.25, 0.3) is 5.91 Å². The Labute approximate surface area is 148 Å². The van der Waals surface area contributed by atoms with Crippen LogP contribution in [0, 0.1) is 13.8 Å². The number of amides is 1. The monoisotopic (exact) mass is 352 g/mol. The molecule has 4 aromatic rings. The molecule has 0 atom stereocenters. The van der Waals surface area contributed by atoms with Gasteiger partial charge in [-0.1, -0.05) is 22.9 Å². The predicted molar refractivity (Wildman–Crippen MR) is 95.7 cm³/mol. The highest BCUT2D eigenvalue weighted by molar-refractivity contribution is 7.15. The predicted octanol–water partition coefficient (Wildman–Crippen LogP) is 3.60. The van der Waals surface area contributed by atoms with E-state index in [-0.39, 0.29) is 5.91 Å². The maximum atomic E-state index is 12.5. The average molecular weight is 352 g/mol. The number of hydrogen-bond acceptors (Lipinski definition) is 5. The molecule has 0 aliphatic heterocycles. The Morgan fingerprint density at radius 3 is 3.00 bits per heavy atom. The fourth-order valence-corrected chi connectivity index (χ4v) is 3.53. The third-order valence-corrected chi connectivity index (χ3v) is 4.87. The third kappa shape index (κ3) is 2.94. The summed E-state index contributed by atoms with van der Waals surface area (Å²) < 4.78 is 6.60. The van der Waals surface area contributed by atoms with Crippen molar-refractivity contribution in [2.75, 3.05) is 0 Å². The van der Waals surface area contributed by atoms with E-state index in [0.717, 1.165) is 21.8 Å². The van der Waals surface area contributed by atoms with Crippen molar-refractivity contribution in [1.82, 2.24) is 19.9 Å². The quantitative estimate of drug-likeness (QED) is 0.609. The molecule has 0 aliphatic carbocycles. The fourth-order valence-electron chi connectivity index (χ4n) is 2.68. The standard InChI is InChI=1S/C18H16N4O2S/c1-11-3-4-12(2)14(7-11)15-9-22-16(10-25-18(22)20-15)17(23)19-8-13-5-6-24-21-13/h3-7,9-10H,8H2,1-2H3,(H,19,23). The van der Waals surface area contributed by atoms with E-state index in [2.05, 4.69) is 47.5 Å². The second kappa shape index (κ2) is 6.18. The summed E-state index contributed by atoms with van der Waals surface area (Å²) >= 11 is 1.45. The van der Waals surface area contributed by atoms with Gasteiger partial charge in [-0.3, -0.25) is 9.20 Å². The second-order valence-electron chi connectivity index (χ2n) is 5.89. The highest BCUT2D eigenvalue weighted by atomic mass is 32.1. The van der Waals surface area contributed by atoms with Crippen LogP contribution in [0.1, 0.15) is 27.3 Å². The summed E-state index contributed by atoms with van der Waals surface area (Å²) in [5, 5.41) is 8.45. The Bertz CT molecular complexity index is 1050. The molecule has 6 nitrogen and oxygen atoms in total. The molecular formula is C18H16N4O2S. The Hall–Kier alpha value is -2.93. The summed E-state index contributed by atoms with van der Waals surface area (Å²) in [4.78, 5) is 17.9. The topological polar surface area (TPSA) is 72.4 Å². The van der Waals surface area contributed by atoms with Gasteiger partial charge < -0.3 is 9.84 Å². The summed E-state index contributed by atoms with van der Waals surface area (Å²) in [6.45, 7) is 4.45. The molecule has 4 rings (SSSR count). The number of imidazole rings is 1. The van der Waals surface area contributed by atoms with Crippen molar-refractivity contribution < 1.29 is 9.32 Å². The van der Waals surface area contributed by atoms with Gasteiger partial charge in [0.2, 0.25) is 0 Å². The number of carbonyl (C=O) groups is 1. The van der Waals surface area contributed by atoms with Crippen LogP contribution in [0.3, 0.4) is 0 Å². The van der Waals surface area contributed by atoms with E-state index in [1.807, 2.05) is 16.0 Å². The molecule has 126 valence electrons. The summed E-state index contributed by atoms with van der Waals surface area (Å²) in [7, 11) is 0. The summed E-state index contributed by atoms with van der Waals surface area (Å²) in [6, 6.07) is 8.01. The van der Waals surface area contributed by atoms with E-state index in [0.29, 0.717) is 17.9 Å². The number of aromatic nitrogens is 3. The van der Waals surface area contributed by atoms with Crippen LogP contribution in [-0.4, -0.2) is 20.4 Å². The number of nitrogens with one attached hydrogen (secondary N) is 1. The molecule has 3 heterocycles. The van der Waals surface area contributed by atoms with Gasteiger partial charge in [0.05, 0.1) is 12.2 Å². The van der Waals surface area contributed by atoms with Crippen molar-refractivity contribution in [2.24, 2.45) is 0 Å². The Morgan fingerprint density at radius 2 is 2.20 bits per heavy atom. The van der Waals surface area contributed by atoms with Gasteiger partial charge in [-0.05, 0) is 25.5 Å². The Morgan fingerprint density at radius 1 is 1.32 bits per heavy atom. The van der Waals surface area contributed by atoms with Crippen LogP contribution in [0.4, 0.5) is 0 Å². The lowest BCUT2D eigenvalue weighted by molar-refractivity contribution is 0.0944. The molecule has 0 saturated carbocycles. The minimum absolute atomic E-state index is 0.167. The van der Waals surface area contributed by atoms with Gasteiger partial charge in [-0.2, -0.15) is 0 Å². The zero-order chi connectivity index (χ0) is 17.4. The van der Waals surface area contributed by atoms with Crippen LogP contribution in [0.15, 0.2) is 46.6 Å². The lowest BCUT2D eigenvalue weighted by Gasteiger charge is -2.04. The van der Waals surface area contributed by atoms with Crippen LogP contribution in [0.25, 0.3) is 16.2 Å². The molecule has 0 bridgehead atoms. The number of benzene rings is 1. The van der Waals surface area contributed by atoms with Crippen molar-refractivity contribution in [3.8, 4) is 11.3 Å². The molecule has 3 aromatic heterocycles. The normalized spacial score (nSPS) is 11.1. The molecule has 0 spiro atoms. The molecule has 0 fully saturated rings. The number of thiazole rings is 1. The summed E-state index contributed by atoms with van der Waals surface area (Å²) in [5.74, 6) is -0.167. The molecule has 1 aromatic carbocycles. The first-order valence-corrected chi connectivity index (χ1v) is 8.71. The first-order chi connectivity index (χ1) is 12.1. The largest absolute Gasteiger partial charge is 0.364 e. The van der Waals surface area contributed by atoms with E-state index in [1.165, 1.54) is 23.2 Å². The Kier molecular flexibility index (Phi) is 3.85. The zero-order valence-corrected chi connectivity index (χ0v) is 14.6. The van der Waals surface area contributed by atoms with Crippen molar-refractivity contribution in [3.63, 3.8) is 0 Å². The number of rotatable bonds is 4. The molecule has 0 radical (unpaired) electrons. The summed E-state index contributed by atoms with van der Waals surface area (Å²) in [6.07, 6.45) is 3.40. The Balaban J connectivity index is 1.64. The van der Waals surface area contributed by atoms with Gasteiger partial charge >= 0.3 is 0 Å². The zero-order valence-electron chi connectivity index (χ0n) is 13.8. The lowest BCUT2D eigenvalue weighted by atomic mass is 10.0. The highest BCUT2D eigenvalue weighted by Crippen LogP contribution is 2.27. The van der Waals surface area contributed by atoms with Gasteiger partial charge in [0, 0.05) is 23.2 Å². The van der Waals surface area contributed by atoms with E-state index in [9.17, 15) is 4.79 Å². The highest BCUT2D eigenvalue weighted by Gasteiger charge is 2.16. The van der Waals surface area contributed by atoms with Gasteiger partial charge in [0.1, 0.15) is 17.7 Å². The number of fused-ring (bicyclic) bond motifs is 1. The van der Waals surface area contributed by atoms with Crippen molar-refractivity contribution in [2.45, 2.75) is 20.4 Å². The number of aryl methyl sites for hydroxylation is 2. The van der Waals surface area contributed by atoms with Crippen LogP contribution in [0.5, 0.6) is 0 Å². The second-order valence-corrected chi connectivity index (χ2v) is 6.73. The molecule has 7 heteroatoms. The maximum Gasteiger partial charge on any atom is 0.269 e. The SMILES string of the molecule is Cc1ccc(C)c(-c2cn3c(C(=O)NCc4ccon4)csc3n2)c1. The molecule has 1 amide bonds. The van der Waals surface area contributed by atoms with Gasteiger partial charge in [0.15, 0.2) is 4.96 Å². The smallest absolute Gasteiger partial charge is 0.269 e. The molecule has 0 unspecified atom stereocenters. The van der Waals surface area contributed by atoms with E-state index in [1.54, 1.807) is 6.07 Å². The molecule has 1 N–H and O–H groups in total. The average Bonchev–Trinajstić information content (AvgIpc) is 3.31. The van der Waals surface area contributed by atoms with E-state index in [4.69, 9.17) is 4.52 Å². The van der Waals surface area contributed by atoms with Crippen LogP contribution >= 0.6 is 11.3 Å². The number of nitrogens with zero attached hydrogens (tertiary/aromatic N) is 3. The van der Waals surface area contributed by atoms with Crippen LogP contribution in [0.2, 0.25) is 0 Å². The van der Waals surface area contributed by atoms with E-state index >= 15 is 0 Å². The maximum absolute atomic E-state index is 12.5. The van der Waals surface area contributed by atoms with E-state index < -0.39 is 0 Å². The number of carbonyl (C=O) groups excluding carboxylic acids is 1. The van der Waals surface area contributed by atoms with Crippen molar-refractivity contribution in [1.29, 1.82) is 0 Å². The first-order valence-electron chi connectivity index (χ1n) is 7.83. The van der Waals surface area contributed by atoms with Crippen molar-refractivity contribution >= 4 is 22.2 Å². The summed E-state index contributed by atoms with van der Waals surface area (Å²) in [5.41, 5.74) is 5.55. The minimum Gasteiger partial charge on any atom is -0.364 e. The third-order valence-electron chi connectivity index (χ3n) is 4.03. The van der Waals surface area contributed by atoms with Gasteiger partial charge in [-0.25, -0.2) is 4.98 Å². The lowest BCUT2D eigenvalue weighted by Crippen LogP contribution is -2.24. The van der Waals surface area contributed by atoms with Crippen molar-refractivity contribution in [3.05, 3.63) is 64.6 Å². The number of hydrogen-bond donors (Lipinski definition) is 1. The van der Waals surface area contributed by atoms with Crippen LogP contribution in [-0.2, 0) is 6.54 Å². The molecule has 25 heavy (non-hydrogen) atoms. The molecule has 0 saturated heterocycles. The minimum atomic E-state index is -0.167. The first kappa shape index (κ1) is 15.6. The molecule has 0 aliphatic rings. The molecular weight excluding hydrogens is 336 g/mol. The fraction of sp³-hybridized carbons (Fsp3) is 0.167. The van der Waals surface area contributed by atoms with Gasteiger partial charge in [-0.15, -0.1) is 11.3 Å². The van der Waals surface area contributed by atoms with Crippen LogP contribution < -0.4 is 5.32 Å².